The second-order valence-electron chi connectivity index (χ2n) is 5.01. The molecule has 0 fully saturated rings. The molecule has 2 aromatic heterocycles. The fourth-order valence-electron chi connectivity index (χ4n) is 1.91. The van der Waals surface area contributed by atoms with E-state index in [0.29, 0.717) is 37.3 Å². The Labute approximate surface area is 124 Å². The molecule has 2 aromatic rings. The molecule has 0 spiro atoms. The fourth-order valence-corrected chi connectivity index (χ4v) is 1.91. The van der Waals surface area contributed by atoms with Crippen LogP contribution in [0.1, 0.15) is 24.3 Å². The van der Waals surface area contributed by atoms with Crippen molar-refractivity contribution in [1.29, 1.82) is 0 Å². The molecular formula is C14H21N5O2. The van der Waals surface area contributed by atoms with Gasteiger partial charge >= 0.3 is 0 Å². The third kappa shape index (κ3) is 4.87. The number of ether oxygens (including phenoxy) is 1. The highest BCUT2D eigenvalue weighted by molar-refractivity contribution is 4.97. The summed E-state index contributed by atoms with van der Waals surface area (Å²) in [6.07, 6.45) is 6.67. The maximum Gasteiger partial charge on any atom is 0.240 e. The van der Waals surface area contributed by atoms with Crippen molar-refractivity contribution in [2.24, 2.45) is 0 Å². The molecule has 21 heavy (non-hydrogen) atoms. The molecule has 2 heterocycles. The lowest BCUT2D eigenvalue weighted by atomic mass is 10.1. The van der Waals surface area contributed by atoms with E-state index in [4.69, 9.17) is 9.26 Å². The molecule has 0 amide bonds. The molecule has 0 bridgehead atoms. The highest BCUT2D eigenvalue weighted by atomic mass is 16.5. The number of hydrogen-bond donors (Lipinski definition) is 0. The lowest BCUT2D eigenvalue weighted by Gasteiger charge is -2.22. The van der Waals surface area contributed by atoms with Gasteiger partial charge < -0.3 is 9.26 Å². The Morgan fingerprint density at radius 2 is 2.24 bits per heavy atom. The zero-order valence-electron chi connectivity index (χ0n) is 12.7. The van der Waals surface area contributed by atoms with Crippen molar-refractivity contribution >= 4 is 0 Å². The molecule has 114 valence electrons. The summed E-state index contributed by atoms with van der Waals surface area (Å²) < 4.78 is 10.2. The number of rotatable bonds is 8. The van der Waals surface area contributed by atoms with Gasteiger partial charge in [0.25, 0.3) is 0 Å². The van der Waals surface area contributed by atoms with Crippen LogP contribution in [0.25, 0.3) is 0 Å². The van der Waals surface area contributed by atoms with Gasteiger partial charge in [-0.2, -0.15) is 4.98 Å². The number of nitrogens with zero attached hydrogens (tertiary/aromatic N) is 5. The third-order valence-electron chi connectivity index (χ3n) is 3.30. The van der Waals surface area contributed by atoms with Crippen LogP contribution in [0.3, 0.4) is 0 Å². The monoisotopic (exact) mass is 291 g/mol. The maximum absolute atomic E-state index is 5.25. The highest BCUT2D eigenvalue weighted by Gasteiger charge is 2.15. The zero-order valence-corrected chi connectivity index (χ0v) is 12.7. The van der Waals surface area contributed by atoms with E-state index in [-0.39, 0.29) is 0 Å². The van der Waals surface area contributed by atoms with Crippen LogP contribution in [0.4, 0.5) is 0 Å². The van der Waals surface area contributed by atoms with Crippen LogP contribution < -0.4 is 0 Å². The van der Waals surface area contributed by atoms with E-state index < -0.39 is 0 Å². The second-order valence-corrected chi connectivity index (χ2v) is 5.01. The van der Waals surface area contributed by atoms with Crippen LogP contribution in [-0.4, -0.2) is 51.8 Å². The lowest BCUT2D eigenvalue weighted by Crippen LogP contribution is -2.30. The van der Waals surface area contributed by atoms with E-state index >= 15 is 0 Å². The Morgan fingerprint density at radius 3 is 2.95 bits per heavy atom. The number of aromatic nitrogens is 4. The molecule has 1 atom stereocenters. The molecule has 0 aliphatic rings. The zero-order chi connectivity index (χ0) is 15.1. The Bertz CT molecular complexity index is 531. The average molecular weight is 291 g/mol. The van der Waals surface area contributed by atoms with E-state index in [1.807, 2.05) is 7.05 Å². The van der Waals surface area contributed by atoms with Gasteiger partial charge in [0.1, 0.15) is 0 Å². The van der Waals surface area contributed by atoms with Gasteiger partial charge in [-0.3, -0.25) is 14.9 Å². The minimum absolute atomic E-state index is 0.302. The van der Waals surface area contributed by atoms with Crippen molar-refractivity contribution in [3.63, 3.8) is 0 Å². The van der Waals surface area contributed by atoms with E-state index in [2.05, 4.69) is 31.9 Å². The Hall–Kier alpha value is -1.86. The summed E-state index contributed by atoms with van der Waals surface area (Å²) in [6.45, 7) is 3.34. The lowest BCUT2D eigenvalue weighted by molar-refractivity contribution is 0.199. The predicted molar refractivity (Wildman–Crippen MR) is 76.5 cm³/mol. The molecule has 7 nitrogen and oxygen atoms in total. The first-order valence-corrected chi connectivity index (χ1v) is 6.94. The standard InChI is InChI=1S/C14H21N5O2/c1-11(8-12-9-15-5-6-16-12)19(2)10-14-17-13(18-21-14)4-7-20-3/h5-6,9,11H,4,7-8,10H2,1-3H3. The summed E-state index contributed by atoms with van der Waals surface area (Å²) in [6, 6.07) is 0.302. The molecule has 2 rings (SSSR count). The van der Waals surface area contributed by atoms with Gasteiger partial charge in [-0.15, -0.1) is 0 Å². The van der Waals surface area contributed by atoms with Crippen molar-refractivity contribution < 1.29 is 9.26 Å². The van der Waals surface area contributed by atoms with E-state index in [0.717, 1.165) is 12.1 Å². The van der Waals surface area contributed by atoms with Gasteiger partial charge in [-0.1, -0.05) is 5.16 Å². The fraction of sp³-hybridized carbons (Fsp3) is 0.571. The SMILES string of the molecule is COCCc1noc(CN(C)C(C)Cc2cnccn2)n1. The minimum atomic E-state index is 0.302. The van der Waals surface area contributed by atoms with Crippen molar-refractivity contribution in [3.05, 3.63) is 36.0 Å². The predicted octanol–water partition coefficient (Wildman–Crippen LogP) is 1.11. The quantitative estimate of drug-likeness (QED) is 0.721. The average Bonchev–Trinajstić information content (AvgIpc) is 2.93. The summed E-state index contributed by atoms with van der Waals surface area (Å²) in [7, 11) is 3.68. The first-order valence-electron chi connectivity index (χ1n) is 6.94. The van der Waals surface area contributed by atoms with E-state index in [1.165, 1.54) is 0 Å². The van der Waals surface area contributed by atoms with Crippen LogP contribution >= 0.6 is 0 Å². The molecule has 0 N–H and O–H groups in total. The van der Waals surface area contributed by atoms with Crippen LogP contribution in [0.15, 0.2) is 23.1 Å². The van der Waals surface area contributed by atoms with Crippen LogP contribution in [0, 0.1) is 0 Å². The van der Waals surface area contributed by atoms with Gasteiger partial charge in [-0.05, 0) is 14.0 Å². The molecule has 0 saturated carbocycles. The summed E-state index contributed by atoms with van der Waals surface area (Å²) in [5, 5.41) is 3.93. The summed E-state index contributed by atoms with van der Waals surface area (Å²) in [5.41, 5.74) is 0.975. The Kier molecular flexibility index (Phi) is 5.77. The summed E-state index contributed by atoms with van der Waals surface area (Å²) in [5.74, 6) is 1.30. The Morgan fingerprint density at radius 1 is 1.38 bits per heavy atom. The number of hydrogen-bond acceptors (Lipinski definition) is 7. The molecule has 0 saturated heterocycles. The van der Waals surface area contributed by atoms with Crippen molar-refractivity contribution in [1.82, 2.24) is 25.0 Å². The van der Waals surface area contributed by atoms with Crippen molar-refractivity contribution in [2.45, 2.75) is 32.4 Å². The van der Waals surface area contributed by atoms with Crippen molar-refractivity contribution in [3.8, 4) is 0 Å². The Balaban J connectivity index is 1.85. The first-order chi connectivity index (χ1) is 10.2. The highest BCUT2D eigenvalue weighted by Crippen LogP contribution is 2.08. The van der Waals surface area contributed by atoms with Gasteiger partial charge in [0.05, 0.1) is 18.8 Å². The molecule has 0 aromatic carbocycles. The van der Waals surface area contributed by atoms with Gasteiger partial charge in [0, 0.05) is 44.6 Å². The number of methoxy groups -OCH3 is 1. The normalized spacial score (nSPS) is 12.8. The summed E-state index contributed by atoms with van der Waals surface area (Å²) >= 11 is 0. The first kappa shape index (κ1) is 15.5. The topological polar surface area (TPSA) is 77.2 Å². The summed E-state index contributed by atoms with van der Waals surface area (Å²) in [4.78, 5) is 14.9. The van der Waals surface area contributed by atoms with E-state index in [1.54, 1.807) is 25.7 Å². The maximum atomic E-state index is 5.25. The molecular weight excluding hydrogens is 270 g/mol. The minimum Gasteiger partial charge on any atom is -0.384 e. The number of likely N-dealkylation sites (N-methyl/N-ethyl adjacent to an activating group) is 1. The van der Waals surface area contributed by atoms with Crippen molar-refractivity contribution in [2.75, 3.05) is 20.8 Å². The van der Waals surface area contributed by atoms with Gasteiger partial charge in [0.15, 0.2) is 5.82 Å². The van der Waals surface area contributed by atoms with E-state index in [9.17, 15) is 0 Å². The molecule has 0 aliphatic heterocycles. The molecule has 0 aliphatic carbocycles. The molecule has 1 unspecified atom stereocenters. The molecule has 0 radical (unpaired) electrons. The molecule has 7 heteroatoms. The smallest absolute Gasteiger partial charge is 0.240 e. The van der Waals surface area contributed by atoms with Crippen LogP contribution in [0.2, 0.25) is 0 Å². The van der Waals surface area contributed by atoms with Crippen LogP contribution in [-0.2, 0) is 24.1 Å². The van der Waals surface area contributed by atoms with Gasteiger partial charge in [0.2, 0.25) is 5.89 Å². The second kappa shape index (κ2) is 7.80. The van der Waals surface area contributed by atoms with Gasteiger partial charge in [-0.25, -0.2) is 0 Å². The third-order valence-corrected chi connectivity index (χ3v) is 3.30. The van der Waals surface area contributed by atoms with Crippen LogP contribution in [0.5, 0.6) is 0 Å². The largest absolute Gasteiger partial charge is 0.384 e.